The molecule has 0 aliphatic rings. The van der Waals surface area contributed by atoms with Crippen LogP contribution in [0.3, 0.4) is 0 Å². The molecule has 0 N–H and O–H groups in total. The molecule has 12 rings (SSSR count). The van der Waals surface area contributed by atoms with Gasteiger partial charge in [-0.05, 0) is 23.8 Å². The van der Waals surface area contributed by atoms with Crippen molar-refractivity contribution >= 4 is 75.4 Å². The van der Waals surface area contributed by atoms with Crippen LogP contribution in [0.2, 0.25) is 0 Å². The van der Waals surface area contributed by atoms with Gasteiger partial charge in [0.25, 0.3) is 0 Å². The third-order valence-corrected chi connectivity index (χ3v) is 12.1. The number of nitrogens with zero attached hydrogens (tertiary/aromatic N) is 3. The van der Waals surface area contributed by atoms with Crippen molar-refractivity contribution in [3.63, 3.8) is 0 Å². The van der Waals surface area contributed by atoms with Crippen LogP contribution in [0.25, 0.3) is 120 Å². The van der Waals surface area contributed by atoms with Gasteiger partial charge in [0.2, 0.25) is 0 Å². The Morgan fingerprint density at radius 1 is 0.298 bits per heavy atom. The maximum Gasteiger partial charge on any atom is 0.167 e. The van der Waals surface area contributed by atoms with Gasteiger partial charge in [-0.2, -0.15) is 0 Å². The zero-order chi connectivity index (χ0) is 37.5. The number of rotatable bonds is 5. The second-order valence-electron chi connectivity index (χ2n) is 14.3. The Balaban J connectivity index is 1.03. The van der Waals surface area contributed by atoms with Crippen molar-refractivity contribution in [1.82, 2.24) is 15.0 Å². The van der Waals surface area contributed by atoms with E-state index in [0.717, 1.165) is 82.8 Å². The van der Waals surface area contributed by atoms with E-state index in [1.54, 1.807) is 0 Å². The van der Waals surface area contributed by atoms with Crippen molar-refractivity contribution < 1.29 is 8.83 Å². The molecule has 0 amide bonds. The summed E-state index contributed by atoms with van der Waals surface area (Å²) in [4.78, 5) is 15.0. The van der Waals surface area contributed by atoms with E-state index in [-0.39, 0.29) is 0 Å². The largest absolute Gasteiger partial charge is 0.455 e. The fourth-order valence-electron chi connectivity index (χ4n) is 8.29. The average molecular weight is 748 g/mol. The molecule has 4 aromatic heterocycles. The molecule has 0 bridgehead atoms. The summed E-state index contributed by atoms with van der Waals surface area (Å²) in [6.45, 7) is 0. The minimum absolute atomic E-state index is 0.551. The maximum atomic E-state index is 6.96. The molecule has 12 aromatic rings. The van der Waals surface area contributed by atoms with Crippen LogP contribution in [0, 0.1) is 0 Å². The Hall–Kier alpha value is -7.41. The smallest absolute Gasteiger partial charge is 0.167 e. The normalized spacial score (nSPS) is 11.9. The molecular weight excluding hydrogens is 719 g/mol. The van der Waals surface area contributed by atoms with Crippen LogP contribution in [0.1, 0.15) is 0 Å². The van der Waals surface area contributed by atoms with Crippen LogP contribution < -0.4 is 0 Å². The molecule has 0 aliphatic carbocycles. The minimum Gasteiger partial charge on any atom is -0.455 e. The van der Waals surface area contributed by atoms with E-state index in [1.807, 2.05) is 84.1 Å². The lowest BCUT2D eigenvalue weighted by atomic mass is 9.98. The van der Waals surface area contributed by atoms with Crippen molar-refractivity contribution in [2.24, 2.45) is 0 Å². The van der Waals surface area contributed by atoms with Crippen molar-refractivity contribution in [1.29, 1.82) is 0 Å². The molecule has 0 aliphatic heterocycles. The molecule has 0 fully saturated rings. The highest BCUT2D eigenvalue weighted by Gasteiger charge is 2.22. The predicted octanol–water partition coefficient (Wildman–Crippen LogP) is 14.4. The van der Waals surface area contributed by atoms with E-state index >= 15 is 0 Å². The van der Waals surface area contributed by atoms with Gasteiger partial charge in [0, 0.05) is 69.5 Å². The minimum atomic E-state index is 0.551. The average Bonchev–Trinajstić information content (AvgIpc) is 3.98. The molecule has 0 atom stereocenters. The molecule has 5 nitrogen and oxygen atoms in total. The van der Waals surface area contributed by atoms with E-state index in [2.05, 4.69) is 103 Å². The van der Waals surface area contributed by atoms with Gasteiger partial charge in [0.15, 0.2) is 17.5 Å². The summed E-state index contributed by atoms with van der Waals surface area (Å²) in [5.74, 6) is 1.76. The lowest BCUT2D eigenvalue weighted by Gasteiger charge is -2.08. The summed E-state index contributed by atoms with van der Waals surface area (Å²) in [7, 11) is 0. The summed E-state index contributed by atoms with van der Waals surface area (Å²) in [6.07, 6.45) is 0. The van der Waals surface area contributed by atoms with E-state index in [4.69, 9.17) is 23.8 Å². The predicted molar refractivity (Wildman–Crippen MR) is 234 cm³/mol. The Kier molecular flexibility index (Phi) is 7.03. The first-order valence-electron chi connectivity index (χ1n) is 18.9. The Morgan fingerprint density at radius 3 is 1.33 bits per heavy atom. The lowest BCUT2D eigenvalue weighted by Crippen LogP contribution is -2.00. The van der Waals surface area contributed by atoms with E-state index in [1.165, 1.54) is 20.2 Å². The van der Waals surface area contributed by atoms with Gasteiger partial charge in [-0.3, -0.25) is 0 Å². The number of para-hydroxylation sites is 4. The van der Waals surface area contributed by atoms with Gasteiger partial charge in [-0.25, -0.2) is 15.0 Å². The third-order valence-electron chi connectivity index (χ3n) is 11.0. The highest BCUT2D eigenvalue weighted by molar-refractivity contribution is 7.25. The zero-order valence-electron chi connectivity index (χ0n) is 30.3. The standard InChI is InChI=1S/C51H29N3O2S/c1-3-13-30(14-4-1)49-52-50(31-15-5-2-6-16-31)54-51(53-49)42-25-12-24-41-40-23-11-22-39(47(40)56-48(41)42)38-21-10-20-37-36-19-9-18-33(45(36)55-46(37)38)32-27-28-35-34-17-7-8-26-43(34)57-44(35)29-32/h1-29H. The number of hydrogen-bond donors (Lipinski definition) is 0. The van der Waals surface area contributed by atoms with Crippen LogP contribution >= 0.6 is 11.3 Å². The Morgan fingerprint density at radius 2 is 0.737 bits per heavy atom. The van der Waals surface area contributed by atoms with Crippen LogP contribution in [0.15, 0.2) is 185 Å². The molecule has 57 heavy (non-hydrogen) atoms. The lowest BCUT2D eigenvalue weighted by molar-refractivity contribution is 0.666. The molecular formula is C51H29N3O2S. The van der Waals surface area contributed by atoms with Crippen molar-refractivity contribution in [3.8, 4) is 56.4 Å². The van der Waals surface area contributed by atoms with Crippen molar-refractivity contribution in [3.05, 3.63) is 176 Å². The summed E-state index contributed by atoms with van der Waals surface area (Å²) < 4.78 is 16.5. The number of furan rings is 2. The SMILES string of the molecule is c1ccc(-c2nc(-c3ccccc3)nc(-c3cccc4c3oc3c(-c5cccc6c5oc5c(-c7ccc8c(c7)sc7ccccc78)cccc56)cccc34)n2)cc1. The summed E-state index contributed by atoms with van der Waals surface area (Å²) in [5, 5.41) is 6.72. The molecule has 0 unspecified atom stereocenters. The van der Waals surface area contributed by atoms with Crippen LogP contribution in [-0.4, -0.2) is 15.0 Å². The molecule has 0 radical (unpaired) electrons. The number of fused-ring (bicyclic) bond motifs is 9. The first kappa shape index (κ1) is 31.9. The van der Waals surface area contributed by atoms with E-state index in [0.29, 0.717) is 17.5 Å². The molecule has 6 heteroatoms. The van der Waals surface area contributed by atoms with Crippen LogP contribution in [-0.2, 0) is 0 Å². The van der Waals surface area contributed by atoms with Gasteiger partial charge in [0.1, 0.15) is 22.3 Å². The molecule has 0 saturated carbocycles. The number of aromatic nitrogens is 3. The molecule has 8 aromatic carbocycles. The fraction of sp³-hybridized carbons (Fsp3) is 0. The molecule has 266 valence electrons. The fourth-order valence-corrected chi connectivity index (χ4v) is 9.44. The molecule has 4 heterocycles. The first-order valence-corrected chi connectivity index (χ1v) is 19.7. The van der Waals surface area contributed by atoms with E-state index in [9.17, 15) is 0 Å². The number of thiophene rings is 1. The highest BCUT2D eigenvalue weighted by atomic mass is 32.1. The zero-order valence-corrected chi connectivity index (χ0v) is 31.1. The topological polar surface area (TPSA) is 65.0 Å². The van der Waals surface area contributed by atoms with Gasteiger partial charge < -0.3 is 8.83 Å². The summed E-state index contributed by atoms with van der Waals surface area (Å²) in [5.41, 5.74) is 9.97. The van der Waals surface area contributed by atoms with Crippen molar-refractivity contribution in [2.75, 3.05) is 0 Å². The Bertz CT molecular complexity index is 3470. The first-order chi connectivity index (χ1) is 28.2. The number of benzene rings is 8. The van der Waals surface area contributed by atoms with Gasteiger partial charge in [-0.1, -0.05) is 158 Å². The van der Waals surface area contributed by atoms with Gasteiger partial charge in [-0.15, -0.1) is 11.3 Å². The molecule has 0 spiro atoms. The third kappa shape index (κ3) is 5.04. The van der Waals surface area contributed by atoms with E-state index < -0.39 is 0 Å². The van der Waals surface area contributed by atoms with Gasteiger partial charge in [0.05, 0.1) is 5.56 Å². The quantitative estimate of drug-likeness (QED) is 0.175. The second kappa shape index (κ2) is 12.6. The summed E-state index contributed by atoms with van der Waals surface area (Å²) in [6, 6.07) is 60.8. The Labute approximate surface area is 330 Å². The molecule has 0 saturated heterocycles. The van der Waals surface area contributed by atoms with Crippen molar-refractivity contribution in [2.45, 2.75) is 0 Å². The number of hydrogen-bond acceptors (Lipinski definition) is 6. The maximum absolute atomic E-state index is 6.96. The highest BCUT2D eigenvalue weighted by Crippen LogP contribution is 2.45. The second-order valence-corrected chi connectivity index (χ2v) is 15.4. The van der Waals surface area contributed by atoms with Crippen LogP contribution in [0.5, 0.6) is 0 Å². The monoisotopic (exact) mass is 747 g/mol. The van der Waals surface area contributed by atoms with Gasteiger partial charge >= 0.3 is 0 Å². The summed E-state index contributed by atoms with van der Waals surface area (Å²) >= 11 is 1.83. The van der Waals surface area contributed by atoms with Crippen LogP contribution in [0.4, 0.5) is 0 Å².